The van der Waals surface area contributed by atoms with Gasteiger partial charge in [-0.1, -0.05) is 5.21 Å². The summed E-state index contributed by atoms with van der Waals surface area (Å²) in [6.45, 7) is 0.877. The van der Waals surface area contributed by atoms with Gasteiger partial charge in [-0.25, -0.2) is 13.2 Å². The first-order chi connectivity index (χ1) is 10.6. The number of aromatic nitrogens is 3. The van der Waals surface area contributed by atoms with Crippen LogP contribution in [0.3, 0.4) is 0 Å². The van der Waals surface area contributed by atoms with Crippen molar-refractivity contribution in [1.29, 1.82) is 0 Å². The Hall–Kier alpha value is -2.30. The first kappa shape index (κ1) is 15.6. The normalized spacial score (nSPS) is 34.7. The van der Waals surface area contributed by atoms with E-state index in [1.54, 1.807) is 0 Å². The third kappa shape index (κ3) is 1.92. The van der Waals surface area contributed by atoms with Crippen LogP contribution < -0.4 is 0 Å². The van der Waals surface area contributed by atoms with Crippen LogP contribution in [0.1, 0.15) is 23.8 Å². The van der Waals surface area contributed by atoms with Crippen LogP contribution in [0.25, 0.3) is 0 Å². The molecule has 0 aromatic carbocycles. The summed E-state index contributed by atoms with van der Waals surface area (Å²) in [7, 11) is -3.90. The first-order valence-electron chi connectivity index (χ1n) is 6.72. The maximum atomic E-state index is 12.7. The highest BCUT2D eigenvalue weighted by Crippen LogP contribution is 2.54. The molecule has 1 aliphatic heterocycles. The van der Waals surface area contributed by atoms with Gasteiger partial charge < -0.3 is 10.2 Å². The van der Waals surface area contributed by atoms with Gasteiger partial charge in [0.05, 0.1) is 23.9 Å². The molecule has 1 aromatic rings. The second-order valence-corrected chi connectivity index (χ2v) is 8.64. The van der Waals surface area contributed by atoms with Crippen LogP contribution >= 0.6 is 0 Å². The lowest BCUT2D eigenvalue weighted by atomic mass is 9.70. The van der Waals surface area contributed by atoms with Crippen LogP contribution in [-0.2, 0) is 26.0 Å². The number of rotatable bonds is 4. The quantitative estimate of drug-likeness (QED) is 0.686. The summed E-state index contributed by atoms with van der Waals surface area (Å²) >= 11 is 0. The van der Waals surface area contributed by atoms with Gasteiger partial charge in [0, 0.05) is 12.3 Å². The molecule has 2 fully saturated rings. The van der Waals surface area contributed by atoms with E-state index in [0.717, 1.165) is 10.9 Å². The van der Waals surface area contributed by atoms with Crippen molar-refractivity contribution in [3.8, 4) is 0 Å². The fourth-order valence-electron chi connectivity index (χ4n) is 3.51. The zero-order chi connectivity index (χ0) is 17.2. The maximum Gasteiger partial charge on any atom is 0.358 e. The Labute approximate surface area is 130 Å². The van der Waals surface area contributed by atoms with Gasteiger partial charge in [0.15, 0.2) is 15.5 Å². The Morgan fingerprint density at radius 3 is 2.57 bits per heavy atom. The Morgan fingerprint density at radius 2 is 2.09 bits per heavy atom. The smallest absolute Gasteiger partial charge is 0.358 e. The summed E-state index contributed by atoms with van der Waals surface area (Å²) in [5.41, 5.74) is -0.380. The van der Waals surface area contributed by atoms with Crippen LogP contribution in [0.5, 0.6) is 0 Å². The topological polar surface area (TPSA) is 157 Å². The van der Waals surface area contributed by atoms with Crippen LogP contribution in [0, 0.1) is 11.8 Å². The number of aromatic carboxylic acids is 1. The monoisotopic (exact) mass is 343 g/mol. The van der Waals surface area contributed by atoms with E-state index in [4.69, 9.17) is 5.11 Å². The van der Waals surface area contributed by atoms with Gasteiger partial charge >= 0.3 is 11.9 Å². The van der Waals surface area contributed by atoms with E-state index in [-0.39, 0.29) is 24.4 Å². The molecule has 10 nitrogen and oxygen atoms in total. The minimum atomic E-state index is -3.90. The van der Waals surface area contributed by atoms with Gasteiger partial charge in [0.2, 0.25) is 0 Å². The molecule has 2 unspecified atom stereocenters. The average molecular weight is 343 g/mol. The van der Waals surface area contributed by atoms with Crippen LogP contribution in [0.2, 0.25) is 0 Å². The minimum Gasteiger partial charge on any atom is -0.481 e. The number of Topliss-reactive ketones (excluding diaryl/α,β-unsaturated/α-hetero) is 1. The number of ketones is 1. The van der Waals surface area contributed by atoms with Crippen molar-refractivity contribution in [1.82, 2.24) is 15.0 Å². The summed E-state index contributed by atoms with van der Waals surface area (Å²) in [5.74, 6) is -5.52. The largest absolute Gasteiger partial charge is 0.481 e. The van der Waals surface area contributed by atoms with E-state index < -0.39 is 43.6 Å². The summed E-state index contributed by atoms with van der Waals surface area (Å²) in [4.78, 5) is 34.1. The van der Waals surface area contributed by atoms with Crippen LogP contribution in [-0.4, -0.2) is 61.3 Å². The lowest BCUT2D eigenvalue weighted by molar-refractivity contribution is -0.150. The van der Waals surface area contributed by atoms with E-state index >= 15 is 0 Å². The number of carboxylic acids is 2. The second kappa shape index (κ2) is 4.60. The molecule has 2 aliphatic rings. The van der Waals surface area contributed by atoms with E-state index in [0.29, 0.717) is 0 Å². The zero-order valence-electron chi connectivity index (χ0n) is 11.9. The van der Waals surface area contributed by atoms with Gasteiger partial charge in [-0.15, -0.1) is 5.10 Å². The molecule has 1 aliphatic carbocycles. The fraction of sp³-hybridized carbons (Fsp3) is 0.583. The number of hydrogen-bond acceptors (Lipinski definition) is 7. The number of sulfone groups is 1. The molecular formula is C12H13N3O7S. The highest BCUT2D eigenvalue weighted by molar-refractivity contribution is 7.94. The molecule has 1 saturated carbocycles. The predicted octanol–water partition coefficient (Wildman–Crippen LogP) is -1.18. The standard InChI is InChI=1S/C12H13N3O7S/c1-12(4-15-3-5(10(17)18)13-14-15)9(11(19)20)8-6(16)2-7(8)23(12,21)22/h3,7-9H,2,4H2,1H3,(H,17,18)(H,19,20)/t7?,8?,9-,12-/m0/s1. The number of aliphatic carboxylic acids is 1. The third-order valence-electron chi connectivity index (χ3n) is 4.74. The van der Waals surface area contributed by atoms with E-state index in [1.807, 2.05) is 0 Å². The summed E-state index contributed by atoms with van der Waals surface area (Å²) in [5, 5.41) is 24.2. The number of carbonyl (C=O) groups excluding carboxylic acids is 1. The minimum absolute atomic E-state index is 0.176. The maximum absolute atomic E-state index is 12.7. The molecule has 1 aromatic heterocycles. The number of fused-ring (bicyclic) bond motifs is 1. The number of carbonyl (C=O) groups is 3. The van der Waals surface area contributed by atoms with Crippen molar-refractivity contribution in [2.45, 2.75) is 29.9 Å². The molecule has 4 atom stereocenters. The third-order valence-corrected chi connectivity index (χ3v) is 7.68. The average Bonchev–Trinajstić information content (AvgIpc) is 2.93. The highest BCUT2D eigenvalue weighted by Gasteiger charge is 2.71. The molecule has 1 saturated heterocycles. The Kier molecular flexibility index (Phi) is 3.12. The molecule has 0 bridgehead atoms. The summed E-state index contributed by atoms with van der Waals surface area (Å²) in [6, 6.07) is 0. The highest BCUT2D eigenvalue weighted by atomic mass is 32.2. The Bertz CT molecular complexity index is 829. The molecule has 23 heavy (non-hydrogen) atoms. The van der Waals surface area contributed by atoms with Gasteiger partial charge in [-0.2, -0.15) is 0 Å². The van der Waals surface area contributed by atoms with Gasteiger partial charge in [-0.05, 0) is 6.92 Å². The van der Waals surface area contributed by atoms with Gasteiger partial charge in [0.1, 0.15) is 10.5 Å². The second-order valence-electron chi connectivity index (χ2n) is 6.01. The molecule has 0 amide bonds. The van der Waals surface area contributed by atoms with E-state index in [9.17, 15) is 27.9 Å². The van der Waals surface area contributed by atoms with Crippen molar-refractivity contribution in [2.24, 2.45) is 11.8 Å². The molecule has 0 radical (unpaired) electrons. The van der Waals surface area contributed by atoms with Crippen molar-refractivity contribution in [2.75, 3.05) is 0 Å². The van der Waals surface area contributed by atoms with Gasteiger partial charge in [0.25, 0.3) is 0 Å². The SMILES string of the molecule is C[C@]1(Cn2cc(C(=O)O)nn2)[C@H](C(=O)O)C2C(=O)CC2S1(=O)=O. The number of nitrogens with zero attached hydrogens (tertiary/aromatic N) is 3. The molecule has 0 spiro atoms. The van der Waals surface area contributed by atoms with E-state index in [2.05, 4.69) is 10.3 Å². The number of hydrogen-bond donors (Lipinski definition) is 2. The Balaban J connectivity index is 2.04. The fourth-order valence-corrected chi connectivity index (χ4v) is 6.20. The van der Waals surface area contributed by atoms with Gasteiger partial charge in [-0.3, -0.25) is 14.3 Å². The van der Waals surface area contributed by atoms with Crippen molar-refractivity contribution >= 4 is 27.6 Å². The number of carboxylic acid groups (broad SMARTS) is 2. The molecule has 11 heteroatoms. The summed E-state index contributed by atoms with van der Waals surface area (Å²) < 4.78 is 24.6. The van der Waals surface area contributed by atoms with Crippen LogP contribution in [0.15, 0.2) is 6.20 Å². The molecule has 2 N–H and O–H groups in total. The summed E-state index contributed by atoms with van der Waals surface area (Å²) in [6.07, 6.45) is 0.855. The first-order valence-corrected chi connectivity index (χ1v) is 8.26. The van der Waals surface area contributed by atoms with Crippen molar-refractivity contribution < 1.29 is 33.0 Å². The van der Waals surface area contributed by atoms with Crippen molar-refractivity contribution in [3.05, 3.63) is 11.9 Å². The molecular weight excluding hydrogens is 330 g/mol. The van der Waals surface area contributed by atoms with Crippen molar-refractivity contribution in [3.63, 3.8) is 0 Å². The van der Waals surface area contributed by atoms with Crippen LogP contribution in [0.4, 0.5) is 0 Å². The molecule has 2 heterocycles. The van der Waals surface area contributed by atoms with E-state index in [1.165, 1.54) is 6.92 Å². The zero-order valence-corrected chi connectivity index (χ0v) is 12.7. The lowest BCUT2D eigenvalue weighted by Gasteiger charge is -2.29. The predicted molar refractivity (Wildman–Crippen MR) is 72.3 cm³/mol. The molecule has 3 rings (SSSR count). The Morgan fingerprint density at radius 1 is 1.43 bits per heavy atom. The lowest BCUT2D eigenvalue weighted by Crippen LogP contribution is -2.47. The molecule has 124 valence electrons.